The van der Waals surface area contributed by atoms with Gasteiger partial charge >= 0.3 is 0 Å². The van der Waals surface area contributed by atoms with E-state index < -0.39 is 11.3 Å². The highest BCUT2D eigenvalue weighted by molar-refractivity contribution is 5.96. The third-order valence-corrected chi connectivity index (χ3v) is 3.44. The Bertz CT molecular complexity index is 783. The molecule has 1 aliphatic heterocycles. The number of rotatable bonds is 4. The lowest BCUT2D eigenvalue weighted by molar-refractivity contribution is 0.0129. The van der Waals surface area contributed by atoms with Crippen LogP contribution in [0.5, 0.6) is 11.5 Å². The van der Waals surface area contributed by atoms with Crippen LogP contribution in [0.4, 0.5) is 0 Å². The molecule has 0 spiro atoms. The van der Waals surface area contributed by atoms with Gasteiger partial charge in [0.2, 0.25) is 5.43 Å². The molecule has 0 saturated carbocycles. The van der Waals surface area contributed by atoms with E-state index in [4.69, 9.17) is 19.9 Å². The lowest BCUT2D eigenvalue weighted by Gasteiger charge is -2.26. The van der Waals surface area contributed by atoms with Gasteiger partial charge in [0.1, 0.15) is 12.2 Å². The largest absolute Gasteiger partial charge is 0.486 e. The van der Waals surface area contributed by atoms with Gasteiger partial charge in [0.15, 0.2) is 17.6 Å². The third kappa shape index (κ3) is 2.50. The first-order chi connectivity index (χ1) is 10.6. The summed E-state index contributed by atoms with van der Waals surface area (Å²) in [6.07, 6.45) is 1.11. The van der Waals surface area contributed by atoms with Crippen LogP contribution in [0.3, 0.4) is 0 Å². The Balaban J connectivity index is 2.00. The van der Waals surface area contributed by atoms with Crippen molar-refractivity contribution in [1.29, 1.82) is 0 Å². The molecule has 22 heavy (non-hydrogen) atoms. The highest BCUT2D eigenvalue weighted by Crippen LogP contribution is 2.34. The zero-order valence-corrected chi connectivity index (χ0v) is 12.0. The first-order valence-corrected chi connectivity index (χ1v) is 6.96. The van der Waals surface area contributed by atoms with E-state index in [1.165, 1.54) is 6.20 Å². The van der Waals surface area contributed by atoms with Crippen molar-refractivity contribution in [2.75, 3.05) is 19.8 Å². The second kappa shape index (κ2) is 5.69. The Morgan fingerprint density at radius 3 is 3.00 bits per heavy atom. The number of hydrogen-bond acceptors (Lipinski definition) is 5. The fraction of sp³-hybridized carbons (Fsp3) is 0.333. The molecule has 1 aromatic heterocycles. The van der Waals surface area contributed by atoms with Crippen molar-refractivity contribution in [3.8, 4) is 11.5 Å². The second-order valence-corrected chi connectivity index (χ2v) is 4.95. The number of ether oxygens (including phenoxy) is 3. The highest BCUT2D eigenvalue weighted by Gasteiger charge is 2.23. The molecule has 7 heteroatoms. The van der Waals surface area contributed by atoms with E-state index in [1.54, 1.807) is 12.1 Å². The molecular formula is C15H16N2O5. The molecule has 0 aliphatic carbocycles. The van der Waals surface area contributed by atoms with Gasteiger partial charge in [-0.1, -0.05) is 0 Å². The normalized spacial score (nSPS) is 16.7. The quantitative estimate of drug-likeness (QED) is 0.869. The molecule has 0 saturated heterocycles. The van der Waals surface area contributed by atoms with Gasteiger partial charge < -0.3 is 24.9 Å². The molecule has 2 aromatic rings. The second-order valence-electron chi connectivity index (χ2n) is 4.95. The summed E-state index contributed by atoms with van der Waals surface area (Å²) in [6.45, 7) is 3.29. The van der Waals surface area contributed by atoms with Crippen LogP contribution in [-0.2, 0) is 4.74 Å². The van der Waals surface area contributed by atoms with Gasteiger partial charge in [0.25, 0.3) is 5.91 Å². The maximum atomic E-state index is 12.2. The Labute approximate surface area is 126 Å². The van der Waals surface area contributed by atoms with Crippen LogP contribution in [0.25, 0.3) is 10.9 Å². The van der Waals surface area contributed by atoms with E-state index in [9.17, 15) is 9.59 Å². The number of benzene rings is 1. The van der Waals surface area contributed by atoms with Gasteiger partial charge in [-0.2, -0.15) is 0 Å². The van der Waals surface area contributed by atoms with Crippen LogP contribution < -0.4 is 20.6 Å². The number of nitrogens with two attached hydrogens (primary N) is 1. The number of carbonyl (C=O) groups excluding carboxylic acids is 1. The van der Waals surface area contributed by atoms with Crippen LogP contribution in [0.15, 0.2) is 23.1 Å². The fourth-order valence-corrected chi connectivity index (χ4v) is 2.34. The number of fused-ring (bicyclic) bond motifs is 2. The Kier molecular flexibility index (Phi) is 3.72. The van der Waals surface area contributed by atoms with E-state index >= 15 is 0 Å². The summed E-state index contributed by atoms with van der Waals surface area (Å²) in [4.78, 5) is 26.3. The summed E-state index contributed by atoms with van der Waals surface area (Å²) in [7, 11) is 0. The van der Waals surface area contributed by atoms with E-state index in [1.807, 2.05) is 6.92 Å². The van der Waals surface area contributed by atoms with Gasteiger partial charge in [-0.15, -0.1) is 0 Å². The minimum Gasteiger partial charge on any atom is -0.486 e. The Hall–Kier alpha value is -2.54. The van der Waals surface area contributed by atoms with Crippen molar-refractivity contribution in [3.05, 3.63) is 34.1 Å². The van der Waals surface area contributed by atoms with Crippen LogP contribution in [0.1, 0.15) is 17.3 Å². The number of amides is 1. The summed E-state index contributed by atoms with van der Waals surface area (Å²) < 4.78 is 16.7. The van der Waals surface area contributed by atoms with Gasteiger partial charge in [-0.25, -0.2) is 0 Å². The first kappa shape index (κ1) is 14.4. The topological polar surface area (TPSA) is 104 Å². The molecule has 3 rings (SSSR count). The van der Waals surface area contributed by atoms with Gasteiger partial charge in [-0.05, 0) is 13.0 Å². The standard InChI is InChI=1S/C15H16N2O5/c1-2-20-6-8-7-21-12-3-9-11(4-13(12)22-8)17-5-10(14(9)18)15(16)19/h3-5,8H,2,6-7H2,1H3,(H2,16,19)(H,17,18). The van der Waals surface area contributed by atoms with E-state index in [2.05, 4.69) is 4.98 Å². The summed E-state index contributed by atoms with van der Waals surface area (Å²) in [5.74, 6) is 0.230. The Morgan fingerprint density at radius 2 is 2.27 bits per heavy atom. The molecule has 7 nitrogen and oxygen atoms in total. The molecule has 0 bridgehead atoms. The zero-order valence-electron chi connectivity index (χ0n) is 12.0. The summed E-state index contributed by atoms with van der Waals surface area (Å²) in [5.41, 5.74) is 5.22. The van der Waals surface area contributed by atoms with E-state index in [0.29, 0.717) is 42.2 Å². The van der Waals surface area contributed by atoms with Crippen LogP contribution in [0.2, 0.25) is 0 Å². The van der Waals surface area contributed by atoms with Crippen LogP contribution in [-0.4, -0.2) is 36.8 Å². The molecule has 1 aromatic carbocycles. The van der Waals surface area contributed by atoms with Crippen molar-refractivity contribution in [1.82, 2.24) is 4.98 Å². The maximum absolute atomic E-state index is 12.2. The summed E-state index contributed by atoms with van der Waals surface area (Å²) >= 11 is 0. The number of aromatic amines is 1. The molecule has 1 unspecified atom stereocenters. The maximum Gasteiger partial charge on any atom is 0.254 e. The smallest absolute Gasteiger partial charge is 0.254 e. The summed E-state index contributed by atoms with van der Waals surface area (Å²) in [6, 6.07) is 3.24. The molecule has 1 amide bonds. The number of H-pyrrole nitrogens is 1. The van der Waals surface area contributed by atoms with Crippen LogP contribution >= 0.6 is 0 Å². The lowest BCUT2D eigenvalue weighted by Crippen LogP contribution is -2.33. The average molecular weight is 304 g/mol. The molecule has 1 aliphatic rings. The van der Waals surface area contributed by atoms with Gasteiger partial charge in [0, 0.05) is 18.9 Å². The number of carbonyl (C=O) groups is 1. The number of primary amides is 1. The average Bonchev–Trinajstić information content (AvgIpc) is 2.51. The molecule has 1 atom stereocenters. The minimum atomic E-state index is -0.769. The van der Waals surface area contributed by atoms with Crippen molar-refractivity contribution in [3.63, 3.8) is 0 Å². The van der Waals surface area contributed by atoms with E-state index in [-0.39, 0.29) is 11.7 Å². The fourth-order valence-electron chi connectivity index (χ4n) is 2.34. The molecule has 0 radical (unpaired) electrons. The number of aromatic nitrogens is 1. The third-order valence-electron chi connectivity index (χ3n) is 3.44. The van der Waals surface area contributed by atoms with E-state index in [0.717, 1.165) is 0 Å². The summed E-state index contributed by atoms with van der Waals surface area (Å²) in [5, 5.41) is 0.335. The predicted molar refractivity (Wildman–Crippen MR) is 79.5 cm³/mol. The van der Waals surface area contributed by atoms with Crippen LogP contribution in [0, 0.1) is 0 Å². The lowest BCUT2D eigenvalue weighted by atomic mass is 10.1. The number of hydrogen-bond donors (Lipinski definition) is 2. The predicted octanol–water partition coefficient (Wildman–Crippen LogP) is 0.803. The molecule has 3 N–H and O–H groups in total. The minimum absolute atomic E-state index is 0.0848. The number of nitrogens with one attached hydrogen (secondary N) is 1. The van der Waals surface area contributed by atoms with Crippen molar-refractivity contribution in [2.24, 2.45) is 5.73 Å². The SMILES string of the molecule is CCOCC1COc2cc3c(=O)c(C(N)=O)c[nH]c3cc2O1. The van der Waals surface area contributed by atoms with Gasteiger partial charge in [-0.3, -0.25) is 9.59 Å². The van der Waals surface area contributed by atoms with Crippen molar-refractivity contribution in [2.45, 2.75) is 13.0 Å². The molecular weight excluding hydrogens is 288 g/mol. The monoisotopic (exact) mass is 304 g/mol. The Morgan fingerprint density at radius 1 is 1.45 bits per heavy atom. The zero-order chi connectivity index (χ0) is 15.7. The molecule has 0 fully saturated rings. The van der Waals surface area contributed by atoms with Crippen molar-refractivity contribution < 1.29 is 19.0 Å². The number of pyridine rings is 1. The molecule has 116 valence electrons. The first-order valence-electron chi connectivity index (χ1n) is 6.96. The highest BCUT2D eigenvalue weighted by atomic mass is 16.6. The molecule has 2 heterocycles. The van der Waals surface area contributed by atoms with Gasteiger partial charge in [0.05, 0.1) is 17.5 Å². The van der Waals surface area contributed by atoms with Crippen molar-refractivity contribution >= 4 is 16.8 Å².